The maximum Gasteiger partial charge on any atom is 1.00 e. The number of aryl methyl sites for hydroxylation is 1. The summed E-state index contributed by atoms with van der Waals surface area (Å²) in [5.41, 5.74) is 1.53. The van der Waals surface area contributed by atoms with Crippen LogP contribution in [0.3, 0.4) is 0 Å². The van der Waals surface area contributed by atoms with Crippen molar-refractivity contribution in [3.05, 3.63) is 64.7 Å². The molecule has 18 heavy (non-hydrogen) atoms. The summed E-state index contributed by atoms with van der Waals surface area (Å²) < 4.78 is 5.22. The van der Waals surface area contributed by atoms with Crippen molar-refractivity contribution in [2.45, 2.75) is 6.92 Å². The zero-order chi connectivity index (χ0) is 12.3. The Balaban J connectivity index is 0.00000162. The average molecular weight is 271 g/mol. The third-order valence-corrected chi connectivity index (χ3v) is 2.61. The quantitative estimate of drug-likeness (QED) is 0.462. The Morgan fingerprint density at radius 1 is 1.17 bits per heavy atom. The molecule has 2 aromatic rings. The molecule has 88 valence electrons. The van der Waals surface area contributed by atoms with Gasteiger partial charge in [-0.25, -0.2) is 4.79 Å². The summed E-state index contributed by atoms with van der Waals surface area (Å²) in [6.07, 6.45) is 0. The first-order valence-corrected chi connectivity index (χ1v) is 5.58. The molecule has 2 aromatic carbocycles. The SMILES string of the molecule is Cc1cccc(C(=O)Oc2ccccc2Cl)c1.[H-].[Na+]. The monoisotopic (exact) mass is 270 g/mol. The zero-order valence-corrected chi connectivity index (χ0v) is 13.1. The van der Waals surface area contributed by atoms with Gasteiger partial charge in [0.05, 0.1) is 10.6 Å². The van der Waals surface area contributed by atoms with Crippen LogP contribution in [0.15, 0.2) is 48.5 Å². The van der Waals surface area contributed by atoms with Crippen LogP contribution in [0, 0.1) is 6.92 Å². The summed E-state index contributed by atoms with van der Waals surface area (Å²) in [6, 6.07) is 14.1. The van der Waals surface area contributed by atoms with E-state index < -0.39 is 5.97 Å². The molecule has 0 bridgehead atoms. The van der Waals surface area contributed by atoms with Crippen molar-refractivity contribution < 1.29 is 40.5 Å². The van der Waals surface area contributed by atoms with Gasteiger partial charge in [0, 0.05) is 0 Å². The number of esters is 1. The van der Waals surface area contributed by atoms with Gasteiger partial charge in [0.15, 0.2) is 0 Å². The van der Waals surface area contributed by atoms with Crippen molar-refractivity contribution in [2.75, 3.05) is 0 Å². The molecule has 0 saturated heterocycles. The number of carbonyl (C=O) groups is 1. The molecule has 0 heterocycles. The molecule has 0 spiro atoms. The number of carbonyl (C=O) groups excluding carboxylic acids is 1. The van der Waals surface area contributed by atoms with E-state index in [4.69, 9.17) is 16.3 Å². The van der Waals surface area contributed by atoms with E-state index in [2.05, 4.69) is 0 Å². The van der Waals surface area contributed by atoms with Gasteiger partial charge in [-0.3, -0.25) is 0 Å². The van der Waals surface area contributed by atoms with Crippen LogP contribution < -0.4 is 34.3 Å². The molecule has 0 N–H and O–H groups in total. The van der Waals surface area contributed by atoms with Gasteiger partial charge in [0.25, 0.3) is 0 Å². The molecule has 0 radical (unpaired) electrons. The third kappa shape index (κ3) is 3.85. The number of halogens is 1. The number of benzene rings is 2. The van der Waals surface area contributed by atoms with Crippen LogP contribution in [-0.4, -0.2) is 5.97 Å². The molecule has 0 aliphatic heterocycles. The number of ether oxygens (including phenoxy) is 1. The van der Waals surface area contributed by atoms with Crippen LogP contribution in [0.4, 0.5) is 0 Å². The molecule has 0 aromatic heterocycles. The van der Waals surface area contributed by atoms with E-state index in [9.17, 15) is 4.79 Å². The minimum Gasteiger partial charge on any atom is -1.00 e. The summed E-state index contributed by atoms with van der Waals surface area (Å²) in [4.78, 5) is 11.8. The van der Waals surface area contributed by atoms with E-state index in [1.54, 1.807) is 36.4 Å². The molecular weight excluding hydrogens is 259 g/mol. The molecule has 0 aliphatic rings. The minimum absolute atomic E-state index is 0. The smallest absolute Gasteiger partial charge is 1.00 e. The second kappa shape index (κ2) is 6.95. The first-order valence-electron chi connectivity index (χ1n) is 5.20. The number of hydrogen-bond donors (Lipinski definition) is 0. The van der Waals surface area contributed by atoms with Crippen molar-refractivity contribution in [3.8, 4) is 5.75 Å². The van der Waals surface area contributed by atoms with Crippen molar-refractivity contribution >= 4 is 17.6 Å². The Morgan fingerprint density at radius 2 is 1.89 bits per heavy atom. The summed E-state index contributed by atoms with van der Waals surface area (Å²) in [6.45, 7) is 1.92. The molecule has 0 saturated carbocycles. The van der Waals surface area contributed by atoms with Gasteiger partial charge >= 0.3 is 35.5 Å². The van der Waals surface area contributed by atoms with Gasteiger partial charge < -0.3 is 6.16 Å². The summed E-state index contributed by atoms with van der Waals surface area (Å²) >= 11 is 5.91. The molecule has 0 atom stereocenters. The van der Waals surface area contributed by atoms with Crippen molar-refractivity contribution in [2.24, 2.45) is 0 Å². The second-order valence-electron chi connectivity index (χ2n) is 3.69. The van der Waals surface area contributed by atoms with Crippen molar-refractivity contribution in [1.82, 2.24) is 0 Å². The Hall–Kier alpha value is -0.800. The van der Waals surface area contributed by atoms with E-state index >= 15 is 0 Å². The number of hydrogen-bond acceptors (Lipinski definition) is 2. The number of para-hydroxylation sites is 1. The average Bonchev–Trinajstić information content (AvgIpc) is 2.32. The molecule has 0 aliphatic carbocycles. The maximum absolute atomic E-state index is 11.8. The van der Waals surface area contributed by atoms with Gasteiger partial charge in [-0.1, -0.05) is 41.4 Å². The molecule has 2 nitrogen and oxygen atoms in total. The molecule has 4 heteroatoms. The van der Waals surface area contributed by atoms with E-state index in [0.29, 0.717) is 16.3 Å². The fourth-order valence-electron chi connectivity index (χ4n) is 1.46. The molecule has 2 rings (SSSR count). The van der Waals surface area contributed by atoms with Crippen LogP contribution in [0.25, 0.3) is 0 Å². The maximum atomic E-state index is 11.8. The Labute approximate surface area is 135 Å². The van der Waals surface area contributed by atoms with Crippen LogP contribution >= 0.6 is 11.6 Å². The van der Waals surface area contributed by atoms with Crippen LogP contribution in [0.1, 0.15) is 17.3 Å². The standard InChI is InChI=1S/C14H11ClO2.Na.H/c1-10-5-4-6-11(9-10)14(16)17-13-8-3-2-7-12(13)15;;/h2-9H,1H3;;/q;+1;-1. The van der Waals surface area contributed by atoms with E-state index in [-0.39, 0.29) is 31.0 Å². The Kier molecular flexibility index (Phi) is 5.89. The summed E-state index contributed by atoms with van der Waals surface area (Å²) in [5, 5.41) is 0.425. The fourth-order valence-corrected chi connectivity index (χ4v) is 1.63. The van der Waals surface area contributed by atoms with E-state index in [0.717, 1.165) is 5.56 Å². The Bertz CT molecular complexity index is 561. The molecule has 0 fully saturated rings. The van der Waals surface area contributed by atoms with E-state index in [1.165, 1.54) is 0 Å². The topological polar surface area (TPSA) is 26.3 Å². The molecule has 0 unspecified atom stereocenters. The largest absolute Gasteiger partial charge is 1.00 e. The summed E-state index contributed by atoms with van der Waals surface area (Å²) in [5.74, 6) is -0.0255. The van der Waals surface area contributed by atoms with Gasteiger partial charge in [-0.15, -0.1) is 0 Å². The predicted molar refractivity (Wildman–Crippen MR) is 68.7 cm³/mol. The van der Waals surface area contributed by atoms with Gasteiger partial charge in [-0.2, -0.15) is 0 Å². The van der Waals surface area contributed by atoms with Crippen LogP contribution in [-0.2, 0) is 0 Å². The molecular formula is C14H12ClNaO2. The van der Waals surface area contributed by atoms with Crippen molar-refractivity contribution in [3.63, 3.8) is 0 Å². The number of rotatable bonds is 2. The predicted octanol–water partition coefficient (Wildman–Crippen LogP) is 0.984. The van der Waals surface area contributed by atoms with Gasteiger partial charge in [0.1, 0.15) is 5.75 Å². The Morgan fingerprint density at radius 3 is 2.56 bits per heavy atom. The summed E-state index contributed by atoms with van der Waals surface area (Å²) in [7, 11) is 0. The van der Waals surface area contributed by atoms with Crippen LogP contribution in [0.5, 0.6) is 5.75 Å². The zero-order valence-electron chi connectivity index (χ0n) is 11.3. The van der Waals surface area contributed by atoms with Gasteiger partial charge in [-0.05, 0) is 31.2 Å². The van der Waals surface area contributed by atoms with Crippen LogP contribution in [0.2, 0.25) is 5.02 Å². The first-order chi connectivity index (χ1) is 8.16. The third-order valence-electron chi connectivity index (χ3n) is 2.29. The van der Waals surface area contributed by atoms with Gasteiger partial charge in [0.2, 0.25) is 0 Å². The normalized spacial score (nSPS) is 9.44. The fraction of sp³-hybridized carbons (Fsp3) is 0.0714. The van der Waals surface area contributed by atoms with Crippen molar-refractivity contribution in [1.29, 1.82) is 0 Å². The minimum atomic E-state index is -0.401. The molecule has 0 amide bonds. The first kappa shape index (κ1) is 15.3. The van der Waals surface area contributed by atoms with E-state index in [1.807, 2.05) is 19.1 Å². The second-order valence-corrected chi connectivity index (χ2v) is 4.10.